The third-order valence-electron chi connectivity index (χ3n) is 3.26. The number of carbonyl (C=O) groups is 2. The Kier molecular flexibility index (Phi) is 3.46. The van der Waals surface area contributed by atoms with Crippen molar-refractivity contribution in [2.24, 2.45) is 0 Å². The molecule has 1 aromatic heterocycles. The third kappa shape index (κ3) is 2.60. The molecule has 0 saturated carbocycles. The number of hydrogen-bond donors (Lipinski definition) is 2. The summed E-state index contributed by atoms with van der Waals surface area (Å²) in [5.41, 5.74) is 0.512. The van der Waals surface area contributed by atoms with Crippen LogP contribution in [0.4, 0.5) is 0 Å². The standard InChI is InChI=1S/C15H13NO6/c1-8-11(15(18)19)5-10(22-8)6-16-14(17)9-2-3-12-13(4-9)21-7-20-12/h2-5H,6-7H2,1H3,(H,16,17)(H,18,19). The van der Waals surface area contributed by atoms with Crippen LogP contribution in [0.15, 0.2) is 28.7 Å². The Bertz CT molecular complexity index is 748. The predicted molar refractivity (Wildman–Crippen MR) is 74.1 cm³/mol. The summed E-state index contributed by atoms with van der Waals surface area (Å²) >= 11 is 0. The van der Waals surface area contributed by atoms with Gasteiger partial charge in [0.05, 0.1) is 6.54 Å². The van der Waals surface area contributed by atoms with Gasteiger partial charge in [-0.1, -0.05) is 0 Å². The SMILES string of the molecule is Cc1oc(CNC(=O)c2ccc3c(c2)OCO3)cc1C(=O)O. The topological polar surface area (TPSA) is 98.0 Å². The maximum atomic E-state index is 12.1. The highest BCUT2D eigenvalue weighted by atomic mass is 16.7. The van der Waals surface area contributed by atoms with E-state index in [9.17, 15) is 9.59 Å². The first-order valence-electron chi connectivity index (χ1n) is 6.55. The Morgan fingerprint density at radius 3 is 2.73 bits per heavy atom. The first kappa shape index (κ1) is 14.0. The zero-order chi connectivity index (χ0) is 15.7. The fraction of sp³-hybridized carbons (Fsp3) is 0.200. The Morgan fingerprint density at radius 1 is 1.23 bits per heavy atom. The van der Waals surface area contributed by atoms with E-state index in [1.165, 1.54) is 6.07 Å². The van der Waals surface area contributed by atoms with Crippen molar-refractivity contribution in [3.63, 3.8) is 0 Å². The van der Waals surface area contributed by atoms with Crippen molar-refractivity contribution in [1.29, 1.82) is 0 Å². The highest BCUT2D eigenvalue weighted by Crippen LogP contribution is 2.32. The molecule has 0 fully saturated rings. The van der Waals surface area contributed by atoms with Crippen molar-refractivity contribution in [3.8, 4) is 11.5 Å². The van der Waals surface area contributed by atoms with Gasteiger partial charge in [0, 0.05) is 5.56 Å². The van der Waals surface area contributed by atoms with Crippen molar-refractivity contribution in [2.75, 3.05) is 6.79 Å². The van der Waals surface area contributed by atoms with Crippen LogP contribution < -0.4 is 14.8 Å². The second-order valence-electron chi connectivity index (χ2n) is 4.74. The van der Waals surface area contributed by atoms with Crippen LogP contribution in [-0.4, -0.2) is 23.8 Å². The quantitative estimate of drug-likeness (QED) is 0.895. The van der Waals surface area contributed by atoms with Gasteiger partial charge in [0.2, 0.25) is 6.79 Å². The number of furan rings is 1. The van der Waals surface area contributed by atoms with Gasteiger partial charge in [0.15, 0.2) is 11.5 Å². The summed E-state index contributed by atoms with van der Waals surface area (Å²) in [6.45, 7) is 1.80. The van der Waals surface area contributed by atoms with Crippen LogP contribution in [0.1, 0.15) is 32.2 Å². The molecule has 2 heterocycles. The van der Waals surface area contributed by atoms with Crippen molar-refractivity contribution < 1.29 is 28.6 Å². The Balaban J connectivity index is 1.67. The van der Waals surface area contributed by atoms with E-state index in [0.717, 1.165) is 0 Å². The molecule has 0 radical (unpaired) electrons. The van der Waals surface area contributed by atoms with Crippen LogP contribution in [0.3, 0.4) is 0 Å². The van der Waals surface area contributed by atoms with Gasteiger partial charge in [-0.25, -0.2) is 4.79 Å². The van der Waals surface area contributed by atoms with Gasteiger partial charge in [0.25, 0.3) is 5.91 Å². The van der Waals surface area contributed by atoms with Gasteiger partial charge in [-0.2, -0.15) is 0 Å². The van der Waals surface area contributed by atoms with Gasteiger partial charge < -0.3 is 24.3 Å². The number of benzene rings is 1. The lowest BCUT2D eigenvalue weighted by molar-refractivity contribution is 0.0694. The Hall–Kier alpha value is -2.96. The molecule has 0 bridgehead atoms. The Labute approximate surface area is 125 Å². The van der Waals surface area contributed by atoms with E-state index in [1.54, 1.807) is 25.1 Å². The molecule has 0 aliphatic carbocycles. The van der Waals surface area contributed by atoms with E-state index in [-0.39, 0.29) is 24.8 Å². The van der Waals surface area contributed by atoms with Crippen molar-refractivity contribution in [1.82, 2.24) is 5.32 Å². The number of ether oxygens (including phenoxy) is 2. The second kappa shape index (κ2) is 5.44. The molecule has 114 valence electrons. The van der Waals surface area contributed by atoms with Crippen LogP contribution in [0.5, 0.6) is 11.5 Å². The zero-order valence-corrected chi connectivity index (χ0v) is 11.7. The number of aryl methyl sites for hydroxylation is 1. The molecule has 0 unspecified atom stereocenters. The van der Waals surface area contributed by atoms with Gasteiger partial charge >= 0.3 is 5.97 Å². The molecule has 2 N–H and O–H groups in total. The van der Waals surface area contributed by atoms with Gasteiger partial charge in [-0.05, 0) is 31.2 Å². The molecule has 1 amide bonds. The largest absolute Gasteiger partial charge is 0.478 e. The van der Waals surface area contributed by atoms with Crippen LogP contribution in [0, 0.1) is 6.92 Å². The minimum Gasteiger partial charge on any atom is -0.478 e. The molecule has 0 atom stereocenters. The third-order valence-corrected chi connectivity index (χ3v) is 3.26. The monoisotopic (exact) mass is 303 g/mol. The molecular formula is C15H13NO6. The number of amides is 1. The lowest BCUT2D eigenvalue weighted by Crippen LogP contribution is -2.22. The summed E-state index contributed by atoms with van der Waals surface area (Å²) in [7, 11) is 0. The van der Waals surface area contributed by atoms with Crippen LogP contribution in [0.25, 0.3) is 0 Å². The number of carboxylic acid groups (broad SMARTS) is 1. The van der Waals surface area contributed by atoms with Crippen molar-refractivity contribution in [2.45, 2.75) is 13.5 Å². The number of carbonyl (C=O) groups excluding carboxylic acids is 1. The number of rotatable bonds is 4. The fourth-order valence-corrected chi connectivity index (χ4v) is 2.15. The first-order chi connectivity index (χ1) is 10.5. The fourth-order valence-electron chi connectivity index (χ4n) is 2.15. The Morgan fingerprint density at radius 2 is 2.00 bits per heavy atom. The van der Waals surface area contributed by atoms with Gasteiger partial charge in [0.1, 0.15) is 17.1 Å². The van der Waals surface area contributed by atoms with Crippen LogP contribution in [-0.2, 0) is 6.54 Å². The average Bonchev–Trinajstić information content (AvgIpc) is 3.09. The predicted octanol–water partition coefficient (Wildman–Crippen LogP) is 1.94. The number of aromatic carboxylic acids is 1. The normalized spacial score (nSPS) is 12.2. The molecule has 0 saturated heterocycles. The number of hydrogen-bond acceptors (Lipinski definition) is 5. The molecule has 22 heavy (non-hydrogen) atoms. The van der Waals surface area contributed by atoms with E-state index >= 15 is 0 Å². The van der Waals surface area contributed by atoms with Crippen molar-refractivity contribution >= 4 is 11.9 Å². The van der Waals surface area contributed by atoms with Crippen LogP contribution in [0.2, 0.25) is 0 Å². The molecule has 1 aliphatic rings. The molecule has 3 rings (SSSR count). The summed E-state index contributed by atoms with van der Waals surface area (Å²) in [6.07, 6.45) is 0. The van der Waals surface area contributed by atoms with E-state index < -0.39 is 5.97 Å². The summed E-state index contributed by atoms with van der Waals surface area (Å²) in [5, 5.41) is 11.6. The summed E-state index contributed by atoms with van der Waals surface area (Å²) in [6, 6.07) is 6.28. The van der Waals surface area contributed by atoms with Gasteiger partial charge in [-0.15, -0.1) is 0 Å². The molecule has 1 aromatic carbocycles. The molecule has 7 nitrogen and oxygen atoms in total. The zero-order valence-electron chi connectivity index (χ0n) is 11.7. The van der Waals surface area contributed by atoms with Crippen molar-refractivity contribution in [3.05, 3.63) is 46.9 Å². The lowest BCUT2D eigenvalue weighted by Gasteiger charge is -2.04. The maximum Gasteiger partial charge on any atom is 0.339 e. The molecule has 0 spiro atoms. The van der Waals surface area contributed by atoms with E-state index in [4.69, 9.17) is 19.0 Å². The highest BCUT2D eigenvalue weighted by Gasteiger charge is 2.17. The number of nitrogens with one attached hydrogen (secondary N) is 1. The van der Waals surface area contributed by atoms with E-state index in [2.05, 4.69) is 5.32 Å². The van der Waals surface area contributed by atoms with Crippen LogP contribution >= 0.6 is 0 Å². The van der Waals surface area contributed by atoms with Gasteiger partial charge in [-0.3, -0.25) is 4.79 Å². The second-order valence-corrected chi connectivity index (χ2v) is 4.74. The smallest absolute Gasteiger partial charge is 0.339 e. The molecule has 2 aromatic rings. The average molecular weight is 303 g/mol. The first-order valence-corrected chi connectivity index (χ1v) is 6.55. The highest BCUT2D eigenvalue weighted by molar-refractivity contribution is 5.95. The lowest BCUT2D eigenvalue weighted by atomic mass is 10.2. The molecule has 1 aliphatic heterocycles. The maximum absolute atomic E-state index is 12.1. The molecule has 7 heteroatoms. The summed E-state index contributed by atoms with van der Waals surface area (Å²) in [4.78, 5) is 23.0. The van der Waals surface area contributed by atoms with E-state index in [0.29, 0.717) is 28.6 Å². The minimum absolute atomic E-state index is 0.0901. The summed E-state index contributed by atoms with van der Waals surface area (Å²) < 4.78 is 15.7. The summed E-state index contributed by atoms with van der Waals surface area (Å²) in [5.74, 6) is 0.432. The van der Waals surface area contributed by atoms with E-state index in [1.807, 2.05) is 0 Å². The number of carboxylic acids is 1. The molecular weight excluding hydrogens is 290 g/mol. The number of fused-ring (bicyclic) bond motifs is 1. The minimum atomic E-state index is -1.06.